The zero-order chi connectivity index (χ0) is 55.0. The van der Waals surface area contributed by atoms with Gasteiger partial charge in [-0.25, -0.2) is 0 Å². The van der Waals surface area contributed by atoms with Gasteiger partial charge >= 0.3 is 17.9 Å². The lowest BCUT2D eigenvalue weighted by atomic mass is 10.0. The number of carbonyl (C=O) groups excluding carboxylic acids is 3. The van der Waals surface area contributed by atoms with Crippen molar-refractivity contribution < 1.29 is 28.6 Å². The van der Waals surface area contributed by atoms with Gasteiger partial charge in [-0.1, -0.05) is 299 Å². The third-order valence-corrected chi connectivity index (χ3v) is 14.4. The Morgan fingerprint density at radius 1 is 0.276 bits per heavy atom. The molecule has 6 nitrogen and oxygen atoms in total. The van der Waals surface area contributed by atoms with Crippen LogP contribution in [-0.4, -0.2) is 37.2 Å². The van der Waals surface area contributed by atoms with Gasteiger partial charge in [-0.2, -0.15) is 0 Å². The number of carbonyl (C=O) groups is 3. The van der Waals surface area contributed by atoms with Crippen molar-refractivity contribution in [3.8, 4) is 0 Å². The number of allylic oxidation sites excluding steroid dienone is 12. The molecule has 0 aromatic heterocycles. The molecule has 440 valence electrons. The lowest BCUT2D eigenvalue weighted by molar-refractivity contribution is -0.167. The molecule has 0 aromatic rings. The summed E-state index contributed by atoms with van der Waals surface area (Å²) in [5.74, 6) is -0.862. The highest BCUT2D eigenvalue weighted by Gasteiger charge is 2.19. The maximum Gasteiger partial charge on any atom is 0.306 e. The number of hydrogen-bond acceptors (Lipinski definition) is 6. The molecule has 0 N–H and O–H groups in total. The molecule has 0 amide bonds. The molecule has 0 saturated heterocycles. The lowest BCUT2D eigenvalue weighted by Crippen LogP contribution is -2.30. The molecule has 0 bridgehead atoms. The van der Waals surface area contributed by atoms with Gasteiger partial charge in [0.25, 0.3) is 0 Å². The van der Waals surface area contributed by atoms with Crippen molar-refractivity contribution in [1.29, 1.82) is 0 Å². The van der Waals surface area contributed by atoms with Gasteiger partial charge in [-0.05, 0) is 89.9 Å². The SMILES string of the molecule is CC/C=C\C/C=C\C/C=C\C/C=C\C/C=C\CCCCCCCCCCCCCCCCCC(=O)OCC(COC(=O)CCCCCCCCCCCC)OC(=O)CCCCCCCCC/C=C\CCCCCCCC. The highest BCUT2D eigenvalue weighted by molar-refractivity contribution is 5.71. The van der Waals surface area contributed by atoms with Crippen LogP contribution < -0.4 is 0 Å². The number of rotatable bonds is 60. The van der Waals surface area contributed by atoms with E-state index >= 15 is 0 Å². The Hall–Kier alpha value is -3.15. The van der Waals surface area contributed by atoms with E-state index in [9.17, 15) is 14.4 Å². The standard InChI is InChI=1S/C70H124O6/c1-4-7-10-13-16-19-22-24-26-28-29-30-31-32-33-34-35-36-37-38-39-40-41-43-44-46-48-51-54-57-60-63-69(72)75-66-67(65-74-68(71)62-59-56-53-50-21-18-15-12-9-6-3)76-70(73)64-61-58-55-52-49-47-45-42-27-25-23-20-17-14-11-8-5-2/h7,10,16,19,24-27,29-30,32-33,67H,4-6,8-9,11-15,17-18,20-23,28,31,34-66H2,1-3H3/b10-7-,19-16-,26-24-,27-25-,30-29-,33-32-. The summed E-state index contributed by atoms with van der Waals surface area (Å²) in [5, 5.41) is 0. The summed E-state index contributed by atoms with van der Waals surface area (Å²) in [6.45, 7) is 6.54. The van der Waals surface area contributed by atoms with Gasteiger partial charge in [0.2, 0.25) is 0 Å². The summed E-state index contributed by atoms with van der Waals surface area (Å²) in [5.41, 5.74) is 0. The van der Waals surface area contributed by atoms with Gasteiger partial charge in [-0.15, -0.1) is 0 Å². The fourth-order valence-electron chi connectivity index (χ4n) is 9.53. The van der Waals surface area contributed by atoms with Crippen molar-refractivity contribution in [2.75, 3.05) is 13.2 Å². The van der Waals surface area contributed by atoms with Crippen molar-refractivity contribution in [2.24, 2.45) is 0 Å². The number of hydrogen-bond donors (Lipinski definition) is 0. The predicted molar refractivity (Wildman–Crippen MR) is 330 cm³/mol. The van der Waals surface area contributed by atoms with Crippen molar-refractivity contribution in [2.45, 2.75) is 341 Å². The summed E-state index contributed by atoms with van der Waals surface area (Å²) < 4.78 is 16.9. The Morgan fingerprint density at radius 3 is 0.816 bits per heavy atom. The minimum absolute atomic E-state index is 0.0721. The van der Waals surface area contributed by atoms with Crippen LogP contribution in [0.15, 0.2) is 72.9 Å². The molecular formula is C70H124O6. The molecule has 0 aliphatic carbocycles. The zero-order valence-electron chi connectivity index (χ0n) is 50.5. The molecule has 6 heteroatoms. The van der Waals surface area contributed by atoms with E-state index in [1.807, 2.05) is 0 Å². The molecule has 1 unspecified atom stereocenters. The summed E-state index contributed by atoms with van der Waals surface area (Å²) in [4.78, 5) is 38.2. The molecule has 0 spiro atoms. The molecule has 0 saturated carbocycles. The monoisotopic (exact) mass is 1060 g/mol. The summed E-state index contributed by atoms with van der Waals surface area (Å²) in [6.07, 6.45) is 83.5. The first-order valence-electron chi connectivity index (χ1n) is 32.9. The van der Waals surface area contributed by atoms with Crippen molar-refractivity contribution >= 4 is 17.9 Å². The third-order valence-electron chi connectivity index (χ3n) is 14.4. The second-order valence-electron chi connectivity index (χ2n) is 22.0. The van der Waals surface area contributed by atoms with Gasteiger partial charge < -0.3 is 14.2 Å². The van der Waals surface area contributed by atoms with E-state index in [1.165, 1.54) is 205 Å². The van der Waals surface area contributed by atoms with Crippen LogP contribution >= 0.6 is 0 Å². The molecule has 0 heterocycles. The molecule has 76 heavy (non-hydrogen) atoms. The Labute approximate surface area is 472 Å². The van der Waals surface area contributed by atoms with Crippen LogP contribution in [0.3, 0.4) is 0 Å². The molecule has 0 aromatic carbocycles. The van der Waals surface area contributed by atoms with Gasteiger partial charge in [0, 0.05) is 19.3 Å². The summed E-state index contributed by atoms with van der Waals surface area (Å²) in [7, 11) is 0. The largest absolute Gasteiger partial charge is 0.462 e. The van der Waals surface area contributed by atoms with E-state index in [0.29, 0.717) is 19.3 Å². The maximum absolute atomic E-state index is 12.9. The summed E-state index contributed by atoms with van der Waals surface area (Å²) >= 11 is 0. The first-order valence-corrected chi connectivity index (χ1v) is 32.9. The minimum atomic E-state index is -0.774. The lowest BCUT2D eigenvalue weighted by Gasteiger charge is -2.18. The van der Waals surface area contributed by atoms with E-state index in [1.54, 1.807) is 0 Å². The van der Waals surface area contributed by atoms with Gasteiger partial charge in [0.15, 0.2) is 6.10 Å². The molecule has 0 rings (SSSR count). The molecule has 0 radical (unpaired) electrons. The van der Waals surface area contributed by atoms with Gasteiger partial charge in [-0.3, -0.25) is 14.4 Å². The average molecular weight is 1060 g/mol. The maximum atomic E-state index is 12.9. The first-order chi connectivity index (χ1) is 37.5. The van der Waals surface area contributed by atoms with Crippen LogP contribution in [0.5, 0.6) is 0 Å². The quantitative estimate of drug-likeness (QED) is 0.0261. The highest BCUT2D eigenvalue weighted by Crippen LogP contribution is 2.17. The second-order valence-corrected chi connectivity index (χ2v) is 22.0. The minimum Gasteiger partial charge on any atom is -0.462 e. The molecule has 0 aliphatic rings. The zero-order valence-corrected chi connectivity index (χ0v) is 50.5. The molecule has 1 atom stereocenters. The van der Waals surface area contributed by atoms with E-state index < -0.39 is 6.10 Å². The van der Waals surface area contributed by atoms with Crippen molar-refractivity contribution in [1.82, 2.24) is 0 Å². The Morgan fingerprint density at radius 2 is 0.513 bits per heavy atom. The number of unbranched alkanes of at least 4 members (excludes halogenated alkanes) is 37. The Kier molecular flexibility index (Phi) is 61.7. The number of esters is 3. The van der Waals surface area contributed by atoms with Gasteiger partial charge in [0.1, 0.15) is 13.2 Å². The van der Waals surface area contributed by atoms with Crippen molar-refractivity contribution in [3.63, 3.8) is 0 Å². The van der Waals surface area contributed by atoms with E-state index in [4.69, 9.17) is 14.2 Å². The Bertz CT molecular complexity index is 1400. The third kappa shape index (κ3) is 61.7. The van der Waals surface area contributed by atoms with Crippen LogP contribution in [0.2, 0.25) is 0 Å². The van der Waals surface area contributed by atoms with Crippen LogP contribution in [0.25, 0.3) is 0 Å². The normalized spacial score (nSPS) is 12.5. The number of ether oxygens (including phenoxy) is 3. The highest BCUT2D eigenvalue weighted by atomic mass is 16.6. The smallest absolute Gasteiger partial charge is 0.306 e. The molecule has 0 aliphatic heterocycles. The predicted octanol–water partition coefficient (Wildman–Crippen LogP) is 22.5. The average Bonchev–Trinajstić information content (AvgIpc) is 3.42. The van der Waals surface area contributed by atoms with Crippen LogP contribution in [0.4, 0.5) is 0 Å². The second kappa shape index (κ2) is 64.4. The fraction of sp³-hybridized carbons (Fsp3) is 0.786. The first kappa shape index (κ1) is 72.8. The summed E-state index contributed by atoms with van der Waals surface area (Å²) in [6, 6.07) is 0. The van der Waals surface area contributed by atoms with E-state index in [0.717, 1.165) is 89.9 Å². The molecular weight excluding hydrogens is 937 g/mol. The molecule has 0 fully saturated rings. The topological polar surface area (TPSA) is 78.9 Å². The van der Waals surface area contributed by atoms with E-state index in [2.05, 4.69) is 93.7 Å². The van der Waals surface area contributed by atoms with Gasteiger partial charge in [0.05, 0.1) is 0 Å². The van der Waals surface area contributed by atoms with Crippen LogP contribution in [0.1, 0.15) is 335 Å². The van der Waals surface area contributed by atoms with Crippen LogP contribution in [-0.2, 0) is 28.6 Å². The van der Waals surface area contributed by atoms with Crippen molar-refractivity contribution in [3.05, 3.63) is 72.9 Å². The van der Waals surface area contributed by atoms with E-state index in [-0.39, 0.29) is 31.1 Å². The van der Waals surface area contributed by atoms with Crippen LogP contribution in [0, 0.1) is 0 Å². The Balaban J connectivity index is 4.14. The fourth-order valence-corrected chi connectivity index (χ4v) is 9.53.